The van der Waals surface area contributed by atoms with Crippen molar-refractivity contribution in [3.63, 3.8) is 0 Å². The Hall–Kier alpha value is -2.28. The van der Waals surface area contributed by atoms with E-state index in [0.29, 0.717) is 6.61 Å². The molecule has 0 unspecified atom stereocenters. The van der Waals surface area contributed by atoms with Crippen molar-refractivity contribution in [3.8, 4) is 11.8 Å². The first-order chi connectivity index (χ1) is 15.3. The maximum Gasteiger partial charge on any atom is 0.136 e. The zero-order chi connectivity index (χ0) is 22.2. The summed E-state index contributed by atoms with van der Waals surface area (Å²) in [5.74, 6) is 2.00. The second-order valence-corrected chi connectivity index (χ2v) is 8.51. The third-order valence-electron chi connectivity index (χ3n) is 5.98. The molecule has 31 heavy (non-hydrogen) atoms. The molecule has 4 nitrogen and oxygen atoms in total. The average Bonchev–Trinajstić information content (AvgIpc) is 2.81. The molecular formula is C27H41N3O. The van der Waals surface area contributed by atoms with Crippen LogP contribution in [0.2, 0.25) is 0 Å². The van der Waals surface area contributed by atoms with Crippen molar-refractivity contribution in [2.45, 2.75) is 84.5 Å². The zero-order valence-corrected chi connectivity index (χ0v) is 19.7. The van der Waals surface area contributed by atoms with Gasteiger partial charge in [0, 0.05) is 30.8 Å². The molecule has 0 radical (unpaired) electrons. The number of amidine groups is 1. The molecule has 0 fully saturated rings. The van der Waals surface area contributed by atoms with Crippen molar-refractivity contribution in [2.24, 2.45) is 10.9 Å². The molecule has 2 rings (SSSR count). The minimum absolute atomic E-state index is 0.0808. The Kier molecular flexibility index (Phi) is 12.5. The molecule has 0 amide bonds. The van der Waals surface area contributed by atoms with Gasteiger partial charge in [-0.1, -0.05) is 65.2 Å². The van der Waals surface area contributed by atoms with E-state index in [-0.39, 0.29) is 5.92 Å². The van der Waals surface area contributed by atoms with E-state index < -0.39 is 0 Å². The topological polar surface area (TPSA) is 48.6 Å². The average molecular weight is 424 g/mol. The summed E-state index contributed by atoms with van der Waals surface area (Å²) >= 11 is 0. The minimum atomic E-state index is 0.0808. The van der Waals surface area contributed by atoms with Crippen molar-refractivity contribution >= 4 is 5.84 Å². The molecule has 0 saturated heterocycles. The van der Waals surface area contributed by atoms with Crippen molar-refractivity contribution in [2.75, 3.05) is 19.7 Å². The number of ether oxygens (including phenoxy) is 1. The van der Waals surface area contributed by atoms with Gasteiger partial charge < -0.3 is 9.64 Å². The summed E-state index contributed by atoms with van der Waals surface area (Å²) in [6.07, 6.45) is 17.9. The maximum atomic E-state index is 9.04. The lowest BCUT2D eigenvalue weighted by Gasteiger charge is -2.27. The summed E-state index contributed by atoms with van der Waals surface area (Å²) in [7, 11) is 0. The molecule has 1 aromatic rings. The number of unbranched alkanes of at least 4 members (excludes halogenated alkanes) is 8. The molecule has 0 N–H and O–H groups in total. The molecule has 1 heterocycles. The van der Waals surface area contributed by atoms with Gasteiger partial charge in [-0.25, -0.2) is 4.99 Å². The summed E-state index contributed by atoms with van der Waals surface area (Å²) in [6, 6.07) is 10.5. The summed E-state index contributed by atoms with van der Waals surface area (Å²) in [6.45, 7) is 6.89. The molecule has 1 aliphatic rings. The molecular weight excluding hydrogens is 382 g/mol. The highest BCUT2D eigenvalue weighted by molar-refractivity contribution is 5.99. The predicted molar refractivity (Wildman–Crippen MR) is 130 cm³/mol. The first-order valence-electron chi connectivity index (χ1n) is 12.4. The van der Waals surface area contributed by atoms with Gasteiger partial charge in [-0.15, -0.1) is 0 Å². The molecule has 0 aliphatic carbocycles. The van der Waals surface area contributed by atoms with Gasteiger partial charge in [0.05, 0.1) is 12.7 Å². The highest BCUT2D eigenvalue weighted by Gasteiger charge is 2.14. The number of benzene rings is 1. The molecule has 0 spiro atoms. The smallest absolute Gasteiger partial charge is 0.136 e. The van der Waals surface area contributed by atoms with E-state index in [1.807, 2.05) is 25.3 Å². The highest BCUT2D eigenvalue weighted by atomic mass is 16.5. The van der Waals surface area contributed by atoms with Crippen LogP contribution in [-0.4, -0.2) is 30.4 Å². The van der Waals surface area contributed by atoms with Crippen LogP contribution in [0.1, 0.15) is 90.0 Å². The normalized spacial score (nSPS) is 14.2. The Labute approximate surface area is 190 Å². The maximum absolute atomic E-state index is 9.04. The van der Waals surface area contributed by atoms with Gasteiger partial charge in [0.25, 0.3) is 0 Å². The van der Waals surface area contributed by atoms with Crippen LogP contribution in [0.4, 0.5) is 0 Å². The monoisotopic (exact) mass is 423 g/mol. The molecule has 1 aromatic carbocycles. The quantitative estimate of drug-likeness (QED) is 0.266. The number of hydrogen-bond donors (Lipinski definition) is 0. The fraction of sp³-hybridized carbons (Fsp3) is 0.630. The van der Waals surface area contributed by atoms with Crippen LogP contribution in [0.5, 0.6) is 5.75 Å². The first kappa shape index (κ1) is 25.0. The van der Waals surface area contributed by atoms with Gasteiger partial charge in [0.15, 0.2) is 0 Å². The van der Waals surface area contributed by atoms with Crippen LogP contribution in [0.3, 0.4) is 0 Å². The molecule has 0 saturated carbocycles. The molecule has 0 aromatic heterocycles. The molecule has 4 heteroatoms. The van der Waals surface area contributed by atoms with Crippen LogP contribution < -0.4 is 4.74 Å². The lowest BCUT2D eigenvalue weighted by Crippen LogP contribution is -2.34. The third kappa shape index (κ3) is 9.59. The largest absolute Gasteiger partial charge is 0.494 e. The lowest BCUT2D eigenvalue weighted by molar-refractivity contribution is 0.291. The SMILES string of the molecule is CCCCCCCCCCCN1CC=CN=C1c1ccc(OCC[C@@H](C#N)CC)cc1. The van der Waals surface area contributed by atoms with Crippen LogP contribution in [-0.2, 0) is 0 Å². The Morgan fingerprint density at radius 3 is 2.32 bits per heavy atom. The molecule has 0 bridgehead atoms. The van der Waals surface area contributed by atoms with Gasteiger partial charge in [-0.2, -0.15) is 5.26 Å². The fourth-order valence-electron chi connectivity index (χ4n) is 3.91. The molecule has 1 atom stereocenters. The summed E-state index contributed by atoms with van der Waals surface area (Å²) in [5.41, 5.74) is 1.14. The third-order valence-corrected chi connectivity index (χ3v) is 5.98. The Morgan fingerprint density at radius 2 is 1.68 bits per heavy atom. The van der Waals surface area contributed by atoms with Gasteiger partial charge in [0.2, 0.25) is 0 Å². The van der Waals surface area contributed by atoms with Gasteiger partial charge in [-0.3, -0.25) is 0 Å². The van der Waals surface area contributed by atoms with E-state index >= 15 is 0 Å². The summed E-state index contributed by atoms with van der Waals surface area (Å²) in [4.78, 5) is 7.05. The van der Waals surface area contributed by atoms with Gasteiger partial charge in [0.1, 0.15) is 11.6 Å². The van der Waals surface area contributed by atoms with E-state index in [1.54, 1.807) is 0 Å². The van der Waals surface area contributed by atoms with E-state index in [2.05, 4.69) is 41.1 Å². The number of rotatable bonds is 16. The van der Waals surface area contributed by atoms with Crippen LogP contribution in [0.25, 0.3) is 0 Å². The lowest BCUT2D eigenvalue weighted by atomic mass is 10.1. The van der Waals surface area contributed by atoms with Crippen molar-refractivity contribution < 1.29 is 4.74 Å². The highest BCUT2D eigenvalue weighted by Crippen LogP contribution is 2.18. The summed E-state index contributed by atoms with van der Waals surface area (Å²) < 4.78 is 5.82. The molecule has 1 aliphatic heterocycles. The van der Waals surface area contributed by atoms with Crippen molar-refractivity contribution in [1.82, 2.24) is 4.90 Å². The number of aliphatic imine (C=N–C) groups is 1. The first-order valence-corrected chi connectivity index (χ1v) is 12.4. The Morgan fingerprint density at radius 1 is 1.00 bits per heavy atom. The predicted octanol–water partition coefficient (Wildman–Crippen LogP) is 7.11. The van der Waals surface area contributed by atoms with E-state index in [4.69, 9.17) is 10.00 Å². The van der Waals surface area contributed by atoms with Crippen LogP contribution >= 0.6 is 0 Å². The van der Waals surface area contributed by atoms with Crippen molar-refractivity contribution in [1.29, 1.82) is 5.26 Å². The van der Waals surface area contributed by atoms with Gasteiger partial charge >= 0.3 is 0 Å². The van der Waals surface area contributed by atoms with E-state index in [0.717, 1.165) is 43.1 Å². The van der Waals surface area contributed by atoms with Crippen LogP contribution in [0, 0.1) is 17.2 Å². The van der Waals surface area contributed by atoms with E-state index in [1.165, 1.54) is 57.8 Å². The molecule has 170 valence electrons. The van der Waals surface area contributed by atoms with Crippen LogP contribution in [0.15, 0.2) is 41.5 Å². The Bertz CT molecular complexity index is 702. The second kappa shape index (κ2) is 15.5. The number of hydrogen-bond acceptors (Lipinski definition) is 4. The standard InChI is InChI=1S/C27H41N3O/c1-3-5-6-7-8-9-10-11-12-20-30-21-13-19-29-27(30)25-14-16-26(17-15-25)31-22-18-24(4-2)23-28/h13-17,19,24H,3-12,18,20-22H2,1-2H3/t24-/m0/s1. The zero-order valence-electron chi connectivity index (χ0n) is 19.7. The Balaban J connectivity index is 1.73. The second-order valence-electron chi connectivity index (χ2n) is 8.51. The van der Waals surface area contributed by atoms with Gasteiger partial charge in [-0.05, 0) is 49.6 Å². The van der Waals surface area contributed by atoms with Crippen molar-refractivity contribution in [3.05, 3.63) is 42.1 Å². The summed E-state index contributed by atoms with van der Waals surface area (Å²) in [5, 5.41) is 9.04. The minimum Gasteiger partial charge on any atom is -0.494 e. The fourth-order valence-corrected chi connectivity index (χ4v) is 3.91. The number of nitriles is 1. The number of nitrogens with zero attached hydrogens (tertiary/aromatic N) is 3. The van der Waals surface area contributed by atoms with E-state index in [9.17, 15) is 0 Å².